The van der Waals surface area contributed by atoms with Crippen LogP contribution in [0.25, 0.3) is 22.8 Å². The Balaban J connectivity index is 1.12. The molecule has 9 heteroatoms. The van der Waals surface area contributed by atoms with E-state index < -0.39 is 17.9 Å². The fourth-order valence-corrected chi connectivity index (χ4v) is 4.75. The average Bonchev–Trinajstić information content (AvgIpc) is 3.18. The molecule has 0 bridgehead atoms. The van der Waals surface area contributed by atoms with Crippen molar-refractivity contribution in [2.75, 3.05) is 33.5 Å². The van der Waals surface area contributed by atoms with Gasteiger partial charge in [-0.05, 0) is 77.6 Å². The second-order valence-electron chi connectivity index (χ2n) is 11.6. The first-order valence-electron chi connectivity index (χ1n) is 16.8. The smallest absolute Gasteiger partial charge is 0.338 e. The van der Waals surface area contributed by atoms with Crippen LogP contribution < -0.4 is 9.47 Å². The SMILES string of the molecule is C=C(CC(=O)OC)C(=O)OCCCOc1ccc(-c2ccc(/C=C/C(=O)c3ccc(OCCCCOC(=O)C(=C)c4ccccc4)cc3)cc2)cc1. The van der Waals surface area contributed by atoms with E-state index in [1.807, 2.05) is 78.9 Å². The van der Waals surface area contributed by atoms with Crippen molar-refractivity contribution >= 4 is 35.3 Å². The molecule has 4 aromatic carbocycles. The van der Waals surface area contributed by atoms with Gasteiger partial charge in [0.1, 0.15) is 11.5 Å². The van der Waals surface area contributed by atoms with Crippen molar-refractivity contribution in [1.82, 2.24) is 0 Å². The molecule has 0 aliphatic carbocycles. The molecule has 0 atom stereocenters. The number of hydrogen-bond donors (Lipinski definition) is 0. The molecule has 4 aromatic rings. The standard InChI is InChI=1S/C43H42O9/c1-31(30-41(45)48-3)42(46)51-29-9-28-50-38-21-17-36(18-22-38)35-15-12-33(13-16-35)14-25-40(44)37-19-23-39(24-20-37)49-26-7-8-27-52-43(47)32(2)34-10-5-4-6-11-34/h4-6,10-25H,1-2,7-9,26-30H2,3H3/b25-14+. The highest BCUT2D eigenvalue weighted by Gasteiger charge is 2.13. The van der Waals surface area contributed by atoms with Gasteiger partial charge < -0.3 is 23.7 Å². The van der Waals surface area contributed by atoms with Crippen LogP contribution in [0.15, 0.2) is 128 Å². The van der Waals surface area contributed by atoms with Gasteiger partial charge in [0.2, 0.25) is 0 Å². The molecule has 0 amide bonds. The van der Waals surface area contributed by atoms with Crippen LogP contribution in [0.1, 0.15) is 47.2 Å². The predicted octanol–water partition coefficient (Wildman–Crippen LogP) is 8.10. The molecule has 4 rings (SSSR count). The monoisotopic (exact) mass is 702 g/mol. The van der Waals surface area contributed by atoms with Gasteiger partial charge in [-0.1, -0.05) is 86.0 Å². The van der Waals surface area contributed by atoms with Gasteiger partial charge in [0, 0.05) is 17.6 Å². The maximum absolute atomic E-state index is 12.8. The summed E-state index contributed by atoms with van der Waals surface area (Å²) in [5, 5.41) is 0. The van der Waals surface area contributed by atoms with Gasteiger partial charge in [-0.3, -0.25) is 9.59 Å². The quantitative estimate of drug-likeness (QED) is 0.0296. The lowest BCUT2D eigenvalue weighted by Gasteiger charge is -2.09. The van der Waals surface area contributed by atoms with Crippen LogP contribution >= 0.6 is 0 Å². The molecule has 52 heavy (non-hydrogen) atoms. The summed E-state index contributed by atoms with van der Waals surface area (Å²) in [6.45, 7) is 8.59. The van der Waals surface area contributed by atoms with Crippen molar-refractivity contribution in [3.63, 3.8) is 0 Å². The highest BCUT2D eigenvalue weighted by Crippen LogP contribution is 2.24. The van der Waals surface area contributed by atoms with Crippen molar-refractivity contribution in [3.8, 4) is 22.6 Å². The minimum absolute atomic E-state index is 0.0455. The molecular formula is C43H42O9. The summed E-state index contributed by atoms with van der Waals surface area (Å²) in [5.74, 6) is -0.380. The van der Waals surface area contributed by atoms with E-state index in [0.717, 1.165) is 22.3 Å². The Hall–Kier alpha value is -6.22. The molecule has 0 saturated carbocycles. The molecule has 9 nitrogen and oxygen atoms in total. The lowest BCUT2D eigenvalue weighted by molar-refractivity contribution is -0.144. The maximum Gasteiger partial charge on any atom is 0.338 e. The molecule has 0 spiro atoms. The van der Waals surface area contributed by atoms with E-state index in [2.05, 4.69) is 17.9 Å². The highest BCUT2D eigenvalue weighted by atomic mass is 16.5. The third-order valence-corrected chi connectivity index (χ3v) is 7.74. The zero-order chi connectivity index (χ0) is 37.1. The molecular weight excluding hydrogens is 660 g/mol. The van der Waals surface area contributed by atoms with E-state index in [9.17, 15) is 19.2 Å². The van der Waals surface area contributed by atoms with Crippen molar-refractivity contribution in [2.24, 2.45) is 0 Å². The van der Waals surface area contributed by atoms with Crippen molar-refractivity contribution in [2.45, 2.75) is 25.7 Å². The van der Waals surface area contributed by atoms with Crippen molar-refractivity contribution in [3.05, 3.63) is 145 Å². The molecule has 0 radical (unpaired) electrons. The Morgan fingerprint density at radius 2 is 1.13 bits per heavy atom. The first-order valence-corrected chi connectivity index (χ1v) is 16.8. The second kappa shape index (κ2) is 20.5. The average molecular weight is 703 g/mol. The maximum atomic E-state index is 12.8. The fraction of sp³-hybridized carbons (Fsp3) is 0.209. The van der Waals surface area contributed by atoms with Crippen LogP contribution in [-0.2, 0) is 28.6 Å². The van der Waals surface area contributed by atoms with Crippen LogP contribution in [-0.4, -0.2) is 57.2 Å². The molecule has 268 valence electrons. The van der Waals surface area contributed by atoms with E-state index in [-0.39, 0.29) is 31.0 Å². The number of ketones is 1. The van der Waals surface area contributed by atoms with E-state index in [4.69, 9.17) is 18.9 Å². The summed E-state index contributed by atoms with van der Waals surface area (Å²) in [6, 6.07) is 31.7. The van der Waals surface area contributed by atoms with Crippen LogP contribution in [0.2, 0.25) is 0 Å². The number of allylic oxidation sites excluding steroid dienone is 1. The summed E-state index contributed by atoms with van der Waals surface area (Å²) >= 11 is 0. The summed E-state index contributed by atoms with van der Waals surface area (Å²) in [4.78, 5) is 48.0. The summed E-state index contributed by atoms with van der Waals surface area (Å²) < 4.78 is 26.4. The summed E-state index contributed by atoms with van der Waals surface area (Å²) in [6.07, 6.45) is 4.96. The number of unbranched alkanes of at least 4 members (excludes halogenated alkanes) is 1. The number of rotatable bonds is 20. The van der Waals surface area contributed by atoms with Gasteiger partial charge >= 0.3 is 17.9 Å². The second-order valence-corrected chi connectivity index (χ2v) is 11.6. The molecule has 0 aliphatic heterocycles. The molecule has 0 heterocycles. The topological polar surface area (TPSA) is 114 Å². The molecule has 0 saturated heterocycles. The van der Waals surface area contributed by atoms with Gasteiger partial charge in [-0.2, -0.15) is 0 Å². The van der Waals surface area contributed by atoms with E-state index >= 15 is 0 Å². The Morgan fingerprint density at radius 3 is 1.77 bits per heavy atom. The number of carbonyl (C=O) groups excluding carboxylic acids is 4. The molecule has 0 unspecified atom stereocenters. The van der Waals surface area contributed by atoms with Crippen LogP contribution in [0.4, 0.5) is 0 Å². The Bertz CT molecular complexity index is 1840. The fourth-order valence-electron chi connectivity index (χ4n) is 4.75. The first kappa shape index (κ1) is 38.6. The van der Waals surface area contributed by atoms with Gasteiger partial charge in [-0.25, -0.2) is 9.59 Å². The summed E-state index contributed by atoms with van der Waals surface area (Å²) in [7, 11) is 1.24. The van der Waals surface area contributed by atoms with Crippen molar-refractivity contribution in [1.29, 1.82) is 0 Å². The lowest BCUT2D eigenvalue weighted by atomic mass is 10.0. The third kappa shape index (κ3) is 12.6. The number of carbonyl (C=O) groups is 4. The van der Waals surface area contributed by atoms with Crippen LogP contribution in [0.5, 0.6) is 11.5 Å². The van der Waals surface area contributed by atoms with Crippen LogP contribution in [0.3, 0.4) is 0 Å². The molecule has 0 N–H and O–H groups in total. The minimum Gasteiger partial charge on any atom is -0.494 e. The number of methoxy groups -OCH3 is 1. The number of esters is 3. The largest absolute Gasteiger partial charge is 0.494 e. The van der Waals surface area contributed by atoms with E-state index in [1.165, 1.54) is 7.11 Å². The molecule has 0 fully saturated rings. The van der Waals surface area contributed by atoms with Gasteiger partial charge in [0.15, 0.2) is 5.78 Å². The zero-order valence-electron chi connectivity index (χ0n) is 29.2. The Morgan fingerprint density at radius 1 is 0.596 bits per heavy atom. The molecule has 0 aromatic heterocycles. The normalized spacial score (nSPS) is 10.6. The predicted molar refractivity (Wildman–Crippen MR) is 200 cm³/mol. The van der Waals surface area contributed by atoms with Crippen LogP contribution in [0, 0.1) is 0 Å². The van der Waals surface area contributed by atoms with Gasteiger partial charge in [-0.15, -0.1) is 0 Å². The Kier molecular flexibility index (Phi) is 15.2. The summed E-state index contributed by atoms with van der Waals surface area (Å²) in [5.41, 5.74) is 4.59. The number of ether oxygens (including phenoxy) is 5. The van der Waals surface area contributed by atoms with E-state index in [0.29, 0.717) is 55.1 Å². The molecule has 0 aliphatic rings. The number of benzene rings is 4. The van der Waals surface area contributed by atoms with Crippen molar-refractivity contribution < 1.29 is 42.9 Å². The highest BCUT2D eigenvalue weighted by molar-refractivity contribution is 6.15. The number of hydrogen-bond acceptors (Lipinski definition) is 9. The van der Waals surface area contributed by atoms with Gasteiger partial charge in [0.25, 0.3) is 0 Å². The first-order chi connectivity index (χ1) is 25.2. The lowest BCUT2D eigenvalue weighted by Crippen LogP contribution is -2.13. The zero-order valence-corrected chi connectivity index (χ0v) is 29.2. The van der Waals surface area contributed by atoms with E-state index in [1.54, 1.807) is 36.4 Å². The minimum atomic E-state index is -0.631. The van der Waals surface area contributed by atoms with Gasteiger partial charge in [0.05, 0.1) is 45.5 Å². The Labute approximate surface area is 304 Å². The third-order valence-electron chi connectivity index (χ3n) is 7.74.